The van der Waals surface area contributed by atoms with E-state index in [-0.39, 0.29) is 16.7 Å². The number of aromatic nitrogens is 2. The minimum absolute atomic E-state index is 0.0993. The minimum Gasteiger partial charge on any atom is -0.302 e. The van der Waals surface area contributed by atoms with Crippen molar-refractivity contribution >= 4 is 42.6 Å². The Balaban J connectivity index is 1.42. The third-order valence-electron chi connectivity index (χ3n) is 5.27. The van der Waals surface area contributed by atoms with Crippen molar-refractivity contribution in [1.29, 1.82) is 0 Å². The van der Waals surface area contributed by atoms with Crippen molar-refractivity contribution in [2.24, 2.45) is 5.92 Å². The summed E-state index contributed by atoms with van der Waals surface area (Å²) in [5.74, 6) is -0.331. The summed E-state index contributed by atoms with van der Waals surface area (Å²) in [6.45, 7) is 4.66. The number of hydrogen-bond acceptors (Lipinski definition) is 6. The second-order valence-electron chi connectivity index (χ2n) is 7.25. The topological polar surface area (TPSA) is 92.3 Å². The van der Waals surface area contributed by atoms with E-state index in [1.807, 2.05) is 19.9 Å². The number of thiazole rings is 1. The van der Waals surface area contributed by atoms with Gasteiger partial charge in [0.1, 0.15) is 4.90 Å². The Labute approximate surface area is 173 Å². The third kappa shape index (κ3) is 3.90. The van der Waals surface area contributed by atoms with Crippen LogP contribution in [-0.2, 0) is 14.8 Å². The molecule has 0 spiro atoms. The van der Waals surface area contributed by atoms with Gasteiger partial charge in [-0.1, -0.05) is 23.5 Å². The molecular weight excluding hydrogens is 408 g/mol. The lowest BCUT2D eigenvalue weighted by molar-refractivity contribution is -0.120. The molecule has 0 bridgehead atoms. The molecule has 1 saturated heterocycles. The molecule has 0 atom stereocenters. The van der Waals surface area contributed by atoms with Crippen LogP contribution in [0.2, 0.25) is 0 Å². The molecule has 0 radical (unpaired) electrons. The van der Waals surface area contributed by atoms with Gasteiger partial charge >= 0.3 is 0 Å². The van der Waals surface area contributed by atoms with Crippen molar-refractivity contribution in [3.05, 3.63) is 47.8 Å². The predicted molar refractivity (Wildman–Crippen MR) is 113 cm³/mol. The maximum absolute atomic E-state index is 12.7. The molecule has 1 aliphatic rings. The number of carbonyl (C=O) groups is 1. The first-order valence-corrected chi connectivity index (χ1v) is 11.7. The number of rotatable bonds is 4. The lowest BCUT2D eigenvalue weighted by atomic mass is 9.97. The summed E-state index contributed by atoms with van der Waals surface area (Å²) in [5, 5.41) is 3.52. The maximum atomic E-state index is 12.7. The van der Waals surface area contributed by atoms with Crippen LogP contribution in [0.25, 0.3) is 10.2 Å². The standard InChI is InChI=1S/C20H22N4O3S2/c1-13-5-6-14(2)18-17(13)22-20(28-18)23-19(25)15-7-10-24(11-8-15)29(26,27)16-4-3-9-21-12-16/h3-6,9,12,15H,7-8,10-11H2,1-2H3,(H,22,23,25). The van der Waals surface area contributed by atoms with Crippen LogP contribution in [0.15, 0.2) is 41.6 Å². The van der Waals surface area contributed by atoms with E-state index >= 15 is 0 Å². The monoisotopic (exact) mass is 430 g/mol. The van der Waals surface area contributed by atoms with E-state index in [1.54, 1.807) is 12.3 Å². The lowest BCUT2D eigenvalue weighted by Gasteiger charge is -2.30. The fourth-order valence-electron chi connectivity index (χ4n) is 3.53. The zero-order valence-corrected chi connectivity index (χ0v) is 17.9. The minimum atomic E-state index is -3.57. The van der Waals surface area contributed by atoms with Crippen molar-refractivity contribution in [3.8, 4) is 0 Å². The highest BCUT2D eigenvalue weighted by atomic mass is 32.2. The van der Waals surface area contributed by atoms with Crippen molar-refractivity contribution in [1.82, 2.24) is 14.3 Å². The fraction of sp³-hybridized carbons (Fsp3) is 0.350. The molecule has 29 heavy (non-hydrogen) atoms. The van der Waals surface area contributed by atoms with Gasteiger partial charge in [-0.2, -0.15) is 4.31 Å². The Hall–Kier alpha value is -2.36. The van der Waals surface area contributed by atoms with Crippen LogP contribution in [0, 0.1) is 19.8 Å². The number of anilines is 1. The number of amides is 1. The lowest BCUT2D eigenvalue weighted by Crippen LogP contribution is -2.41. The van der Waals surface area contributed by atoms with E-state index in [0.717, 1.165) is 21.3 Å². The molecule has 3 heterocycles. The highest BCUT2D eigenvalue weighted by Crippen LogP contribution is 2.32. The van der Waals surface area contributed by atoms with Gasteiger partial charge in [0.05, 0.1) is 10.2 Å². The molecule has 0 unspecified atom stereocenters. The number of nitrogens with zero attached hydrogens (tertiary/aromatic N) is 3. The van der Waals surface area contributed by atoms with Gasteiger partial charge in [0.15, 0.2) is 5.13 Å². The summed E-state index contributed by atoms with van der Waals surface area (Å²) >= 11 is 1.48. The number of aryl methyl sites for hydroxylation is 2. The number of piperidine rings is 1. The Morgan fingerprint density at radius 3 is 2.55 bits per heavy atom. The van der Waals surface area contributed by atoms with Crippen molar-refractivity contribution in [2.45, 2.75) is 31.6 Å². The summed E-state index contributed by atoms with van der Waals surface area (Å²) in [4.78, 5) is 21.4. The molecule has 1 aliphatic heterocycles. The van der Waals surface area contributed by atoms with Gasteiger partial charge < -0.3 is 5.32 Å². The molecule has 3 aromatic rings. The average Bonchev–Trinajstić information content (AvgIpc) is 3.16. The maximum Gasteiger partial charge on any atom is 0.244 e. The molecule has 9 heteroatoms. The largest absolute Gasteiger partial charge is 0.302 e. The van der Waals surface area contributed by atoms with E-state index in [9.17, 15) is 13.2 Å². The molecule has 7 nitrogen and oxygen atoms in total. The van der Waals surface area contributed by atoms with Crippen molar-refractivity contribution in [2.75, 3.05) is 18.4 Å². The Morgan fingerprint density at radius 1 is 1.17 bits per heavy atom. The SMILES string of the molecule is Cc1ccc(C)c2sc(NC(=O)C3CCN(S(=O)(=O)c4cccnc4)CC3)nc12. The summed E-state index contributed by atoms with van der Waals surface area (Å²) in [6, 6.07) is 7.23. The van der Waals surface area contributed by atoms with E-state index in [2.05, 4.69) is 21.4 Å². The Bertz CT molecular complexity index is 1110. The van der Waals surface area contributed by atoms with Crippen LogP contribution >= 0.6 is 11.3 Å². The highest BCUT2D eigenvalue weighted by Gasteiger charge is 2.32. The Kier molecular flexibility index (Phi) is 5.37. The van der Waals surface area contributed by atoms with Gasteiger partial charge in [-0.25, -0.2) is 13.4 Å². The molecule has 1 fully saturated rings. The predicted octanol–water partition coefficient (Wildman–Crippen LogP) is 3.35. The van der Waals surface area contributed by atoms with Crippen LogP contribution in [0.4, 0.5) is 5.13 Å². The van der Waals surface area contributed by atoms with E-state index < -0.39 is 10.0 Å². The average molecular weight is 431 g/mol. The number of fused-ring (bicyclic) bond motifs is 1. The second kappa shape index (κ2) is 7.81. The fourth-order valence-corrected chi connectivity index (χ4v) is 5.98. The number of sulfonamides is 1. The van der Waals surface area contributed by atoms with Gasteiger partial charge in [-0.3, -0.25) is 9.78 Å². The molecule has 0 aliphatic carbocycles. The molecule has 4 rings (SSSR count). The number of benzene rings is 1. The zero-order chi connectivity index (χ0) is 20.6. The van der Waals surface area contributed by atoms with Crippen LogP contribution in [-0.4, -0.2) is 41.7 Å². The van der Waals surface area contributed by atoms with Crippen molar-refractivity contribution < 1.29 is 13.2 Å². The zero-order valence-electron chi connectivity index (χ0n) is 16.3. The van der Waals surface area contributed by atoms with Gasteiger partial charge in [-0.15, -0.1) is 0 Å². The van der Waals surface area contributed by atoms with Gasteiger partial charge in [-0.05, 0) is 49.9 Å². The third-order valence-corrected chi connectivity index (χ3v) is 8.26. The first-order chi connectivity index (χ1) is 13.9. The number of nitrogens with one attached hydrogen (secondary N) is 1. The summed E-state index contributed by atoms with van der Waals surface area (Å²) in [7, 11) is -3.57. The highest BCUT2D eigenvalue weighted by molar-refractivity contribution is 7.89. The summed E-state index contributed by atoms with van der Waals surface area (Å²) in [6.07, 6.45) is 3.86. The van der Waals surface area contributed by atoms with Gasteiger partial charge in [0.2, 0.25) is 15.9 Å². The number of carbonyl (C=O) groups excluding carboxylic acids is 1. The smallest absolute Gasteiger partial charge is 0.244 e. The van der Waals surface area contributed by atoms with Crippen LogP contribution in [0.5, 0.6) is 0 Å². The van der Waals surface area contributed by atoms with Crippen LogP contribution < -0.4 is 5.32 Å². The van der Waals surface area contributed by atoms with E-state index in [1.165, 1.54) is 27.9 Å². The molecule has 152 valence electrons. The first kappa shape index (κ1) is 19.9. The van der Waals surface area contributed by atoms with Crippen LogP contribution in [0.1, 0.15) is 24.0 Å². The van der Waals surface area contributed by atoms with Crippen LogP contribution in [0.3, 0.4) is 0 Å². The van der Waals surface area contributed by atoms with Gasteiger partial charge in [0.25, 0.3) is 0 Å². The normalized spacial score (nSPS) is 16.2. The molecule has 1 aromatic carbocycles. The van der Waals surface area contributed by atoms with Crippen molar-refractivity contribution in [3.63, 3.8) is 0 Å². The number of hydrogen-bond donors (Lipinski definition) is 1. The summed E-state index contributed by atoms with van der Waals surface area (Å²) in [5.41, 5.74) is 3.14. The quantitative estimate of drug-likeness (QED) is 0.685. The molecule has 1 amide bonds. The molecule has 2 aromatic heterocycles. The molecule has 0 saturated carbocycles. The number of pyridine rings is 1. The van der Waals surface area contributed by atoms with Gasteiger partial charge in [0, 0.05) is 31.4 Å². The second-order valence-corrected chi connectivity index (χ2v) is 10.2. The van der Waals surface area contributed by atoms with E-state index in [4.69, 9.17) is 0 Å². The summed E-state index contributed by atoms with van der Waals surface area (Å²) < 4.78 is 27.9. The van der Waals surface area contributed by atoms with E-state index in [0.29, 0.717) is 31.1 Å². The first-order valence-electron chi connectivity index (χ1n) is 9.44. The molecular formula is C20H22N4O3S2. The molecule has 1 N–H and O–H groups in total. The Morgan fingerprint density at radius 2 is 1.90 bits per heavy atom.